The minimum atomic E-state index is -1.28. The second-order valence-electron chi connectivity index (χ2n) is 4.16. The maximum Gasteiger partial charge on any atom is 0.254 e. The van der Waals surface area contributed by atoms with Gasteiger partial charge in [0.05, 0.1) is 11.7 Å². The molecule has 1 aromatic heterocycles. The van der Waals surface area contributed by atoms with E-state index in [-0.39, 0.29) is 17.6 Å². The summed E-state index contributed by atoms with van der Waals surface area (Å²) < 4.78 is 26.0. The van der Waals surface area contributed by atoms with Crippen LogP contribution in [0, 0.1) is 17.7 Å². The van der Waals surface area contributed by atoms with Crippen LogP contribution >= 0.6 is 0 Å². The van der Waals surface area contributed by atoms with Crippen LogP contribution in [0.15, 0.2) is 12.3 Å². The molecule has 1 heterocycles. The molecule has 4 nitrogen and oxygen atoms in total. The Labute approximate surface area is 96.7 Å². The van der Waals surface area contributed by atoms with Gasteiger partial charge in [-0.3, -0.25) is 4.79 Å². The molecule has 0 aliphatic heterocycles. The Hall–Kier alpha value is -1.56. The van der Waals surface area contributed by atoms with E-state index in [4.69, 9.17) is 5.11 Å². The number of halogens is 2. The van der Waals surface area contributed by atoms with Gasteiger partial charge in [-0.2, -0.15) is 4.39 Å². The third-order valence-electron chi connectivity index (χ3n) is 2.85. The molecule has 1 aliphatic carbocycles. The first kappa shape index (κ1) is 11.9. The maximum absolute atomic E-state index is 13.2. The Bertz CT molecular complexity index is 433. The molecule has 0 unspecified atom stereocenters. The minimum Gasteiger partial charge on any atom is -0.393 e. The predicted molar refractivity (Wildman–Crippen MR) is 55.2 cm³/mol. The number of aliphatic hydroxyl groups is 1. The van der Waals surface area contributed by atoms with Crippen molar-refractivity contribution in [2.45, 2.75) is 18.9 Å². The zero-order valence-electron chi connectivity index (χ0n) is 8.99. The molecular formula is C11H12F2N2O2. The molecule has 0 aromatic carbocycles. The summed E-state index contributed by atoms with van der Waals surface area (Å²) in [6.07, 6.45) is 2.01. The van der Waals surface area contributed by atoms with E-state index in [9.17, 15) is 13.6 Å². The standard InChI is InChI=1S/C11H12F2N2O2/c12-9-8(1-2-14-10(9)13)11(17)15-5-6-3-7(16)4-6/h1-2,6-7,16H,3-5H2,(H,15,17). The van der Waals surface area contributed by atoms with E-state index < -0.39 is 17.7 Å². The predicted octanol–water partition coefficient (Wildman–Crippen LogP) is 0.861. The van der Waals surface area contributed by atoms with Crippen LogP contribution in [0.1, 0.15) is 23.2 Å². The van der Waals surface area contributed by atoms with Gasteiger partial charge in [0.1, 0.15) is 0 Å². The summed E-state index contributed by atoms with van der Waals surface area (Å²) in [5, 5.41) is 11.6. The normalized spacial score (nSPS) is 23.0. The van der Waals surface area contributed by atoms with Crippen LogP contribution in [-0.2, 0) is 0 Å². The Balaban J connectivity index is 1.93. The summed E-state index contributed by atoms with van der Waals surface area (Å²) in [7, 11) is 0. The van der Waals surface area contributed by atoms with Gasteiger partial charge in [-0.05, 0) is 24.8 Å². The van der Waals surface area contributed by atoms with E-state index in [0.717, 1.165) is 12.3 Å². The van der Waals surface area contributed by atoms with Crippen LogP contribution in [0.25, 0.3) is 0 Å². The summed E-state index contributed by atoms with van der Waals surface area (Å²) in [5.41, 5.74) is -0.350. The molecule has 92 valence electrons. The van der Waals surface area contributed by atoms with Gasteiger partial charge in [-0.1, -0.05) is 0 Å². The zero-order chi connectivity index (χ0) is 12.4. The smallest absolute Gasteiger partial charge is 0.254 e. The van der Waals surface area contributed by atoms with Crippen LogP contribution in [-0.4, -0.2) is 28.6 Å². The van der Waals surface area contributed by atoms with E-state index >= 15 is 0 Å². The molecule has 0 bridgehead atoms. The molecule has 1 saturated carbocycles. The molecule has 1 aliphatic rings. The number of nitrogens with one attached hydrogen (secondary N) is 1. The molecule has 1 aromatic rings. The monoisotopic (exact) mass is 242 g/mol. The van der Waals surface area contributed by atoms with Gasteiger partial charge in [-0.15, -0.1) is 0 Å². The van der Waals surface area contributed by atoms with Gasteiger partial charge < -0.3 is 10.4 Å². The number of aromatic nitrogens is 1. The Morgan fingerprint density at radius 1 is 1.53 bits per heavy atom. The molecule has 0 radical (unpaired) electrons. The molecule has 0 atom stereocenters. The second-order valence-corrected chi connectivity index (χ2v) is 4.16. The summed E-state index contributed by atoms with van der Waals surface area (Å²) in [4.78, 5) is 14.6. The molecule has 1 fully saturated rings. The quantitative estimate of drug-likeness (QED) is 0.773. The van der Waals surface area contributed by atoms with Crippen LogP contribution in [0.5, 0.6) is 0 Å². The first-order chi connectivity index (χ1) is 8.08. The maximum atomic E-state index is 13.2. The lowest BCUT2D eigenvalue weighted by atomic mass is 9.82. The Morgan fingerprint density at radius 2 is 2.24 bits per heavy atom. The lowest BCUT2D eigenvalue weighted by Gasteiger charge is -2.31. The highest BCUT2D eigenvalue weighted by Gasteiger charge is 2.27. The van der Waals surface area contributed by atoms with Crippen molar-refractivity contribution in [2.75, 3.05) is 6.54 Å². The van der Waals surface area contributed by atoms with E-state index in [1.807, 2.05) is 0 Å². The van der Waals surface area contributed by atoms with Crippen molar-refractivity contribution in [3.05, 3.63) is 29.6 Å². The molecule has 2 rings (SSSR count). The average molecular weight is 242 g/mol. The second kappa shape index (κ2) is 4.75. The fourth-order valence-corrected chi connectivity index (χ4v) is 1.79. The first-order valence-electron chi connectivity index (χ1n) is 5.34. The number of rotatable bonds is 3. The van der Waals surface area contributed by atoms with Crippen molar-refractivity contribution >= 4 is 5.91 Å². The highest BCUT2D eigenvalue weighted by atomic mass is 19.2. The van der Waals surface area contributed by atoms with Gasteiger partial charge in [0.2, 0.25) is 5.95 Å². The van der Waals surface area contributed by atoms with Crippen LogP contribution in [0.4, 0.5) is 8.78 Å². The van der Waals surface area contributed by atoms with Gasteiger partial charge in [0.15, 0.2) is 5.82 Å². The van der Waals surface area contributed by atoms with Crippen molar-refractivity contribution in [2.24, 2.45) is 5.92 Å². The molecule has 0 spiro atoms. The summed E-state index contributed by atoms with van der Waals surface area (Å²) >= 11 is 0. The lowest BCUT2D eigenvalue weighted by molar-refractivity contribution is 0.0419. The van der Waals surface area contributed by atoms with Gasteiger partial charge in [-0.25, -0.2) is 9.37 Å². The van der Waals surface area contributed by atoms with Crippen LogP contribution in [0.2, 0.25) is 0 Å². The number of hydrogen-bond donors (Lipinski definition) is 2. The number of hydrogen-bond acceptors (Lipinski definition) is 3. The van der Waals surface area contributed by atoms with E-state index in [1.165, 1.54) is 0 Å². The Kier molecular flexibility index (Phi) is 3.33. The number of aliphatic hydroxyl groups excluding tert-OH is 1. The van der Waals surface area contributed by atoms with Crippen molar-refractivity contribution in [3.63, 3.8) is 0 Å². The fraction of sp³-hybridized carbons (Fsp3) is 0.455. The molecule has 0 saturated heterocycles. The zero-order valence-corrected chi connectivity index (χ0v) is 8.99. The number of carbonyl (C=O) groups excluding carboxylic acids is 1. The van der Waals surface area contributed by atoms with Crippen LogP contribution < -0.4 is 5.32 Å². The first-order valence-corrected chi connectivity index (χ1v) is 5.34. The number of amides is 1. The third kappa shape index (κ3) is 2.58. The molecular weight excluding hydrogens is 230 g/mol. The minimum absolute atomic E-state index is 0.212. The molecule has 1 amide bonds. The number of carbonyl (C=O) groups is 1. The molecule has 6 heteroatoms. The largest absolute Gasteiger partial charge is 0.393 e. The van der Waals surface area contributed by atoms with Crippen molar-refractivity contribution in [1.82, 2.24) is 10.3 Å². The number of nitrogens with zero attached hydrogens (tertiary/aromatic N) is 1. The summed E-state index contributed by atoms with van der Waals surface area (Å²) in [6.45, 7) is 0.360. The SMILES string of the molecule is O=C(NCC1CC(O)C1)c1ccnc(F)c1F. The third-order valence-corrected chi connectivity index (χ3v) is 2.85. The van der Waals surface area contributed by atoms with Crippen molar-refractivity contribution in [1.29, 1.82) is 0 Å². The molecule has 17 heavy (non-hydrogen) atoms. The molecule has 2 N–H and O–H groups in total. The topological polar surface area (TPSA) is 62.2 Å². The average Bonchev–Trinajstić information content (AvgIpc) is 2.26. The van der Waals surface area contributed by atoms with Gasteiger partial charge >= 0.3 is 0 Å². The highest BCUT2D eigenvalue weighted by molar-refractivity contribution is 5.94. The van der Waals surface area contributed by atoms with Gasteiger partial charge in [0, 0.05) is 12.7 Å². The van der Waals surface area contributed by atoms with Crippen molar-refractivity contribution in [3.8, 4) is 0 Å². The van der Waals surface area contributed by atoms with E-state index in [1.54, 1.807) is 0 Å². The van der Waals surface area contributed by atoms with E-state index in [0.29, 0.717) is 19.4 Å². The number of pyridine rings is 1. The van der Waals surface area contributed by atoms with E-state index in [2.05, 4.69) is 10.3 Å². The Morgan fingerprint density at radius 3 is 2.88 bits per heavy atom. The summed E-state index contributed by atoms with van der Waals surface area (Å²) in [6, 6.07) is 1.13. The van der Waals surface area contributed by atoms with Crippen LogP contribution in [0.3, 0.4) is 0 Å². The van der Waals surface area contributed by atoms with Crippen molar-refractivity contribution < 1.29 is 18.7 Å². The fourth-order valence-electron chi connectivity index (χ4n) is 1.79. The lowest BCUT2D eigenvalue weighted by Crippen LogP contribution is -2.38. The van der Waals surface area contributed by atoms with Gasteiger partial charge in [0.25, 0.3) is 5.91 Å². The summed E-state index contributed by atoms with van der Waals surface area (Å²) in [5.74, 6) is -2.97. The highest BCUT2D eigenvalue weighted by Crippen LogP contribution is 2.26.